The molecule has 210 valence electrons. The summed E-state index contributed by atoms with van der Waals surface area (Å²) in [7, 11) is -3.76. The van der Waals surface area contributed by atoms with Crippen LogP contribution in [0.5, 0.6) is 0 Å². The molecule has 2 N–H and O–H groups in total. The Hall–Kier alpha value is -3.79. The van der Waals surface area contributed by atoms with Crippen molar-refractivity contribution in [3.63, 3.8) is 0 Å². The molecule has 40 heavy (non-hydrogen) atoms. The average Bonchev–Trinajstić information content (AvgIpc) is 3.32. The number of imide groups is 1. The lowest BCUT2D eigenvalue weighted by atomic mass is 9.93. The quantitative estimate of drug-likeness (QED) is 0.323. The Labute approximate surface area is 235 Å². The molecule has 0 bridgehead atoms. The summed E-state index contributed by atoms with van der Waals surface area (Å²) >= 11 is 0. The number of aliphatic hydroxyl groups excluding tert-OH is 1. The highest BCUT2D eigenvalue weighted by atomic mass is 32.2. The zero-order chi connectivity index (χ0) is 28.5. The van der Waals surface area contributed by atoms with Gasteiger partial charge in [-0.3, -0.25) is 4.79 Å². The predicted molar refractivity (Wildman–Crippen MR) is 152 cm³/mol. The van der Waals surface area contributed by atoms with Gasteiger partial charge in [0, 0.05) is 6.54 Å². The highest BCUT2D eigenvalue weighted by Crippen LogP contribution is 2.24. The van der Waals surface area contributed by atoms with E-state index in [1.165, 1.54) is 24.3 Å². The lowest BCUT2D eigenvalue weighted by Gasteiger charge is -2.26. The van der Waals surface area contributed by atoms with Crippen molar-refractivity contribution in [1.29, 1.82) is 0 Å². The van der Waals surface area contributed by atoms with Crippen LogP contribution in [0.25, 0.3) is 0 Å². The van der Waals surface area contributed by atoms with Crippen LogP contribution in [0.1, 0.15) is 23.1 Å². The third kappa shape index (κ3) is 7.65. The van der Waals surface area contributed by atoms with Gasteiger partial charge in [-0.25, -0.2) is 22.8 Å². The molecule has 4 rings (SSSR count). The molecule has 1 aliphatic rings. The van der Waals surface area contributed by atoms with Gasteiger partial charge in [0.15, 0.2) is 0 Å². The molecule has 1 saturated heterocycles. The minimum atomic E-state index is -3.76. The number of aryl methyl sites for hydroxylation is 2. The summed E-state index contributed by atoms with van der Waals surface area (Å²) in [4.78, 5) is 27.6. The smallest absolute Gasteiger partial charge is 0.417 e. The van der Waals surface area contributed by atoms with E-state index >= 15 is 0 Å². The van der Waals surface area contributed by atoms with Crippen LogP contribution in [0.2, 0.25) is 0 Å². The molecule has 1 heterocycles. The molecule has 1 aliphatic heterocycles. The number of carbonyl (C=O) groups is 2. The van der Waals surface area contributed by atoms with E-state index in [1.807, 2.05) is 67.6 Å². The van der Waals surface area contributed by atoms with Gasteiger partial charge in [-0.2, -0.15) is 0 Å². The highest BCUT2D eigenvalue weighted by molar-refractivity contribution is 7.89. The number of hydrogen-bond acceptors (Lipinski definition) is 6. The van der Waals surface area contributed by atoms with Crippen molar-refractivity contribution in [1.82, 2.24) is 9.62 Å². The van der Waals surface area contributed by atoms with Gasteiger partial charge in [0.2, 0.25) is 15.9 Å². The lowest BCUT2D eigenvalue weighted by molar-refractivity contribution is -0.135. The molecule has 0 saturated carbocycles. The molecule has 8 nitrogen and oxygen atoms in total. The largest absolute Gasteiger partial charge is 0.447 e. The van der Waals surface area contributed by atoms with Crippen molar-refractivity contribution in [2.75, 3.05) is 13.2 Å². The van der Waals surface area contributed by atoms with E-state index in [0.29, 0.717) is 12.8 Å². The van der Waals surface area contributed by atoms with Crippen molar-refractivity contribution in [3.05, 3.63) is 114 Å². The van der Waals surface area contributed by atoms with Crippen LogP contribution in [-0.4, -0.2) is 55.7 Å². The van der Waals surface area contributed by atoms with Gasteiger partial charge < -0.3 is 9.84 Å². The van der Waals surface area contributed by atoms with Gasteiger partial charge in [0.1, 0.15) is 6.61 Å². The molecule has 0 aromatic heterocycles. The van der Waals surface area contributed by atoms with Crippen molar-refractivity contribution in [2.45, 2.75) is 43.2 Å². The lowest BCUT2D eigenvalue weighted by Crippen LogP contribution is -2.46. The molecule has 9 heteroatoms. The molecule has 0 unspecified atom stereocenters. The number of amides is 2. The summed E-state index contributed by atoms with van der Waals surface area (Å²) in [6.45, 7) is 1.84. The fourth-order valence-electron chi connectivity index (χ4n) is 4.61. The number of carbonyl (C=O) groups excluding carboxylic acids is 2. The zero-order valence-corrected chi connectivity index (χ0v) is 23.2. The zero-order valence-electron chi connectivity index (χ0n) is 22.3. The number of aliphatic hydroxyl groups is 1. The number of cyclic esters (lactones) is 1. The van der Waals surface area contributed by atoms with Crippen LogP contribution in [-0.2, 0) is 32.4 Å². The van der Waals surface area contributed by atoms with E-state index in [-0.39, 0.29) is 24.5 Å². The summed E-state index contributed by atoms with van der Waals surface area (Å²) in [5.41, 5.74) is 2.90. The van der Waals surface area contributed by atoms with Gasteiger partial charge in [-0.15, -0.1) is 0 Å². The summed E-state index contributed by atoms with van der Waals surface area (Å²) in [5, 5.41) is 11.1. The maximum atomic E-state index is 13.7. The van der Waals surface area contributed by atoms with Crippen molar-refractivity contribution in [3.8, 4) is 0 Å². The third-order valence-corrected chi connectivity index (χ3v) is 8.29. The maximum absolute atomic E-state index is 13.7. The minimum Gasteiger partial charge on any atom is -0.447 e. The van der Waals surface area contributed by atoms with Crippen molar-refractivity contribution >= 4 is 22.0 Å². The molecule has 0 aliphatic carbocycles. The molecule has 2 amide bonds. The second-order valence-electron chi connectivity index (χ2n) is 9.84. The van der Waals surface area contributed by atoms with E-state index in [1.54, 1.807) is 12.1 Å². The fourth-order valence-corrected chi connectivity index (χ4v) is 5.59. The van der Waals surface area contributed by atoms with Crippen LogP contribution >= 0.6 is 0 Å². The van der Waals surface area contributed by atoms with Gasteiger partial charge >= 0.3 is 6.09 Å². The second-order valence-corrected chi connectivity index (χ2v) is 11.6. The minimum absolute atomic E-state index is 0.0619. The first kappa shape index (κ1) is 29.2. The molecule has 1 fully saturated rings. The Morgan fingerprint density at radius 2 is 1.65 bits per heavy atom. The number of nitrogens with zero attached hydrogens (tertiary/aromatic N) is 1. The van der Waals surface area contributed by atoms with Crippen molar-refractivity contribution < 1.29 is 27.9 Å². The third-order valence-electron chi connectivity index (χ3n) is 6.85. The van der Waals surface area contributed by atoms with Crippen LogP contribution in [0.15, 0.2) is 102 Å². The van der Waals surface area contributed by atoms with E-state index < -0.39 is 40.1 Å². The van der Waals surface area contributed by atoms with Gasteiger partial charge in [-0.05, 0) is 49.4 Å². The topological polar surface area (TPSA) is 113 Å². The van der Waals surface area contributed by atoms with Crippen molar-refractivity contribution in [2.24, 2.45) is 5.92 Å². The fraction of sp³-hybridized carbons (Fsp3) is 0.290. The van der Waals surface area contributed by atoms with Crippen LogP contribution < -0.4 is 4.72 Å². The number of rotatable bonds is 12. The Morgan fingerprint density at radius 3 is 2.30 bits per heavy atom. The average molecular weight is 563 g/mol. The summed E-state index contributed by atoms with van der Waals surface area (Å²) in [6, 6.07) is 25.0. The predicted octanol–water partition coefficient (Wildman–Crippen LogP) is 4.03. The molecule has 3 aromatic carbocycles. The monoisotopic (exact) mass is 562 g/mol. The standard InChI is InChI=1S/C31H34N2O6S/c1-23-14-17-27(18-15-23)40(37,38)32-20-8-13-28(29(34)19-16-24-9-4-2-5-10-24)30(35)33-26(22-39-31(33)36)21-25-11-6-3-7-12-25/h2-15,17-18,26,28-29,32,34H,16,19-22H2,1H3/b13-8+/t26-,28+,29-/m1/s1. The Bertz CT molecular complexity index is 1410. The van der Waals surface area contributed by atoms with Gasteiger partial charge in [0.25, 0.3) is 0 Å². The van der Waals surface area contributed by atoms with Crippen LogP contribution in [0, 0.1) is 12.8 Å². The second kappa shape index (κ2) is 13.5. The molecule has 3 aromatic rings. The Morgan fingerprint density at radius 1 is 1.02 bits per heavy atom. The van der Waals surface area contributed by atoms with E-state index in [2.05, 4.69) is 4.72 Å². The van der Waals surface area contributed by atoms with Gasteiger partial charge in [-0.1, -0.05) is 90.5 Å². The van der Waals surface area contributed by atoms with Crippen LogP contribution in [0.4, 0.5) is 4.79 Å². The van der Waals surface area contributed by atoms with E-state index in [0.717, 1.165) is 21.6 Å². The van der Waals surface area contributed by atoms with Crippen LogP contribution in [0.3, 0.4) is 0 Å². The SMILES string of the molecule is Cc1ccc(S(=O)(=O)NC/C=C/[C@H](C(=O)N2C(=O)OC[C@H]2Cc2ccccc2)[C@H](O)CCc2ccccc2)cc1. The number of sulfonamides is 1. The van der Waals surface area contributed by atoms with Gasteiger partial charge in [0.05, 0.1) is 23.0 Å². The Kier molecular flexibility index (Phi) is 9.87. The highest BCUT2D eigenvalue weighted by Gasteiger charge is 2.41. The van der Waals surface area contributed by atoms with E-state index in [4.69, 9.17) is 4.74 Å². The first-order valence-corrected chi connectivity index (χ1v) is 14.7. The maximum Gasteiger partial charge on any atom is 0.417 e. The summed E-state index contributed by atoms with van der Waals surface area (Å²) < 4.78 is 33.0. The first-order valence-electron chi connectivity index (χ1n) is 13.2. The van der Waals surface area contributed by atoms with E-state index in [9.17, 15) is 23.1 Å². The molecule has 0 radical (unpaired) electrons. The molecular weight excluding hydrogens is 528 g/mol. The normalized spacial score (nSPS) is 17.1. The molecule has 0 spiro atoms. The first-order chi connectivity index (χ1) is 19.2. The summed E-state index contributed by atoms with van der Waals surface area (Å²) in [6.07, 6.45) is 2.33. The molecule has 3 atom stereocenters. The summed E-state index contributed by atoms with van der Waals surface area (Å²) in [5.74, 6) is -1.65. The number of hydrogen-bond donors (Lipinski definition) is 2. The molecular formula is C31H34N2O6S. The number of nitrogens with one attached hydrogen (secondary N) is 1. The Balaban J connectivity index is 1.50. The number of ether oxygens (including phenoxy) is 1. The number of benzene rings is 3.